The molecule has 0 unspecified atom stereocenters. The predicted molar refractivity (Wildman–Crippen MR) is 74.7 cm³/mol. The fourth-order valence-electron chi connectivity index (χ4n) is 1.84. The highest BCUT2D eigenvalue weighted by atomic mass is 19.4. The van der Waals surface area contributed by atoms with Crippen LogP contribution in [0.3, 0.4) is 0 Å². The molecule has 124 valence electrons. The van der Waals surface area contributed by atoms with Crippen molar-refractivity contribution in [3.8, 4) is 0 Å². The number of halogens is 3. The number of nitrogens with zero attached hydrogens (tertiary/aromatic N) is 2. The van der Waals surface area contributed by atoms with E-state index in [0.717, 1.165) is 6.20 Å². The van der Waals surface area contributed by atoms with Crippen LogP contribution in [0, 0.1) is 0 Å². The first-order valence-electron chi connectivity index (χ1n) is 6.60. The van der Waals surface area contributed by atoms with Crippen molar-refractivity contribution in [2.45, 2.75) is 32.6 Å². The summed E-state index contributed by atoms with van der Waals surface area (Å²) in [4.78, 5) is 25.2. The van der Waals surface area contributed by atoms with E-state index in [4.69, 9.17) is 5.11 Å². The van der Waals surface area contributed by atoms with E-state index in [1.165, 1.54) is 17.0 Å². The quantitative estimate of drug-likeness (QED) is 0.866. The molecule has 9 heteroatoms. The lowest BCUT2D eigenvalue weighted by molar-refractivity contribution is -0.141. The summed E-state index contributed by atoms with van der Waals surface area (Å²) in [6, 6.07) is 1.57. The molecule has 0 fully saturated rings. The van der Waals surface area contributed by atoms with Crippen LogP contribution < -0.4 is 10.9 Å². The molecule has 0 radical (unpaired) electrons. The molecule has 0 spiro atoms. The van der Waals surface area contributed by atoms with Crippen LogP contribution in [0.4, 0.5) is 23.7 Å². The topological polar surface area (TPSA) is 74.6 Å². The number of alkyl halides is 3. The summed E-state index contributed by atoms with van der Waals surface area (Å²) in [5.74, 6) is 0. The van der Waals surface area contributed by atoms with Crippen molar-refractivity contribution in [3.63, 3.8) is 0 Å². The number of carbonyl (C=O) groups is 1. The van der Waals surface area contributed by atoms with Gasteiger partial charge < -0.3 is 19.9 Å². The lowest BCUT2D eigenvalue weighted by Gasteiger charge is -2.26. The molecule has 6 nitrogen and oxygen atoms in total. The number of hydrogen-bond donors (Lipinski definition) is 2. The second-order valence-corrected chi connectivity index (χ2v) is 4.91. The maximum absolute atomic E-state index is 12.4. The third-order valence-electron chi connectivity index (χ3n) is 2.84. The van der Waals surface area contributed by atoms with E-state index >= 15 is 0 Å². The maximum Gasteiger partial charge on any atom is 0.406 e. The van der Waals surface area contributed by atoms with E-state index in [9.17, 15) is 22.8 Å². The normalized spacial score (nSPS) is 11.6. The minimum atomic E-state index is -4.53. The van der Waals surface area contributed by atoms with Gasteiger partial charge in [-0.2, -0.15) is 13.2 Å². The molecule has 2 amide bonds. The van der Waals surface area contributed by atoms with E-state index in [1.54, 1.807) is 13.8 Å². The largest absolute Gasteiger partial charge is 0.406 e. The van der Waals surface area contributed by atoms with Crippen LogP contribution in [0.2, 0.25) is 0 Å². The zero-order chi connectivity index (χ0) is 16.9. The summed E-state index contributed by atoms with van der Waals surface area (Å²) in [7, 11) is 0. The van der Waals surface area contributed by atoms with Crippen molar-refractivity contribution in [2.24, 2.45) is 0 Å². The number of amides is 2. The van der Waals surface area contributed by atoms with Crippen LogP contribution in [0.25, 0.3) is 0 Å². The Balaban J connectivity index is 2.96. The van der Waals surface area contributed by atoms with Crippen LogP contribution in [-0.2, 0) is 6.54 Å². The summed E-state index contributed by atoms with van der Waals surface area (Å²) in [5, 5.41) is 11.2. The average Bonchev–Trinajstić information content (AvgIpc) is 2.38. The summed E-state index contributed by atoms with van der Waals surface area (Å²) >= 11 is 0. The number of aliphatic hydroxyl groups is 1. The first-order chi connectivity index (χ1) is 10.2. The predicted octanol–water partition coefficient (Wildman–Crippen LogP) is 1.65. The number of hydrogen-bond acceptors (Lipinski definition) is 3. The SMILES string of the molecule is CC(C)N(CCO)C(=O)Nc1cccn(CC(F)(F)F)c1=O. The first-order valence-corrected chi connectivity index (χ1v) is 6.60. The van der Waals surface area contributed by atoms with Crippen LogP contribution in [0.1, 0.15) is 13.8 Å². The Morgan fingerprint density at radius 2 is 2.09 bits per heavy atom. The minimum Gasteiger partial charge on any atom is -0.395 e. The number of rotatable bonds is 5. The molecule has 0 aromatic carbocycles. The van der Waals surface area contributed by atoms with Gasteiger partial charge in [0.15, 0.2) is 0 Å². The molecule has 1 aromatic heterocycles. The van der Waals surface area contributed by atoms with Crippen molar-refractivity contribution in [1.82, 2.24) is 9.47 Å². The highest BCUT2D eigenvalue weighted by Crippen LogP contribution is 2.16. The lowest BCUT2D eigenvalue weighted by atomic mass is 10.3. The second kappa shape index (κ2) is 7.30. The number of urea groups is 1. The number of aromatic nitrogens is 1. The number of anilines is 1. The fourth-order valence-corrected chi connectivity index (χ4v) is 1.84. The number of nitrogens with one attached hydrogen (secondary N) is 1. The van der Waals surface area contributed by atoms with E-state index in [0.29, 0.717) is 4.57 Å². The Labute approximate surface area is 125 Å². The Morgan fingerprint density at radius 3 is 2.59 bits per heavy atom. The standard InChI is InChI=1S/C13H18F3N3O3/c1-9(2)19(6-7-20)12(22)17-10-4-3-5-18(11(10)21)8-13(14,15)16/h3-5,9,20H,6-8H2,1-2H3,(H,17,22). The van der Waals surface area contributed by atoms with E-state index in [2.05, 4.69) is 5.32 Å². The van der Waals surface area contributed by atoms with Crippen LogP contribution >= 0.6 is 0 Å². The van der Waals surface area contributed by atoms with Crippen LogP contribution in [-0.4, -0.2) is 46.0 Å². The van der Waals surface area contributed by atoms with Crippen molar-refractivity contribution < 1.29 is 23.1 Å². The van der Waals surface area contributed by atoms with Gasteiger partial charge in [-0.15, -0.1) is 0 Å². The molecular formula is C13H18F3N3O3. The molecule has 22 heavy (non-hydrogen) atoms. The van der Waals surface area contributed by atoms with Gasteiger partial charge in [-0.3, -0.25) is 4.79 Å². The van der Waals surface area contributed by atoms with Gasteiger partial charge in [-0.25, -0.2) is 4.79 Å². The van der Waals surface area contributed by atoms with E-state index in [1.807, 2.05) is 0 Å². The fraction of sp³-hybridized carbons (Fsp3) is 0.538. The molecule has 0 atom stereocenters. The summed E-state index contributed by atoms with van der Waals surface area (Å²) in [6.45, 7) is 1.77. The molecule has 2 N–H and O–H groups in total. The zero-order valence-electron chi connectivity index (χ0n) is 12.2. The summed E-state index contributed by atoms with van der Waals surface area (Å²) < 4.78 is 37.6. The van der Waals surface area contributed by atoms with Crippen molar-refractivity contribution in [3.05, 3.63) is 28.7 Å². The molecule has 1 rings (SSSR count). The molecule has 0 aliphatic carbocycles. The van der Waals surface area contributed by atoms with Gasteiger partial charge in [0, 0.05) is 18.8 Å². The van der Waals surface area contributed by atoms with Crippen molar-refractivity contribution in [1.29, 1.82) is 0 Å². The Hall–Kier alpha value is -2.03. The highest BCUT2D eigenvalue weighted by Gasteiger charge is 2.28. The summed E-state index contributed by atoms with van der Waals surface area (Å²) in [5.41, 5.74) is -1.19. The third-order valence-corrected chi connectivity index (χ3v) is 2.84. The number of pyridine rings is 1. The van der Waals surface area contributed by atoms with Gasteiger partial charge in [0.25, 0.3) is 5.56 Å². The Bertz CT molecular complexity index is 570. The third kappa shape index (κ3) is 5.06. The molecular weight excluding hydrogens is 303 g/mol. The monoisotopic (exact) mass is 321 g/mol. The lowest BCUT2D eigenvalue weighted by Crippen LogP contribution is -2.43. The van der Waals surface area contributed by atoms with Crippen molar-refractivity contribution in [2.75, 3.05) is 18.5 Å². The van der Waals surface area contributed by atoms with E-state index in [-0.39, 0.29) is 24.9 Å². The Morgan fingerprint density at radius 1 is 1.45 bits per heavy atom. The highest BCUT2D eigenvalue weighted by molar-refractivity contribution is 5.89. The second-order valence-electron chi connectivity index (χ2n) is 4.91. The van der Waals surface area contributed by atoms with Crippen molar-refractivity contribution >= 4 is 11.7 Å². The maximum atomic E-state index is 12.4. The van der Waals surface area contributed by atoms with E-state index < -0.39 is 24.3 Å². The minimum absolute atomic E-state index is 0.0487. The Kier molecular flexibility index (Phi) is 5.98. The van der Waals surface area contributed by atoms with Gasteiger partial charge >= 0.3 is 12.2 Å². The summed E-state index contributed by atoms with van der Waals surface area (Å²) in [6.07, 6.45) is -3.53. The molecule has 0 aliphatic rings. The van der Waals surface area contributed by atoms with Crippen LogP contribution in [0.15, 0.2) is 23.1 Å². The smallest absolute Gasteiger partial charge is 0.395 e. The van der Waals surface area contributed by atoms with Crippen LogP contribution in [0.5, 0.6) is 0 Å². The van der Waals surface area contributed by atoms with Gasteiger partial charge in [-0.05, 0) is 26.0 Å². The van der Waals surface area contributed by atoms with Gasteiger partial charge in [0.05, 0.1) is 6.61 Å². The molecule has 0 bridgehead atoms. The number of carbonyl (C=O) groups excluding carboxylic acids is 1. The number of aliphatic hydroxyl groups excluding tert-OH is 1. The zero-order valence-corrected chi connectivity index (χ0v) is 12.2. The molecule has 0 aliphatic heterocycles. The molecule has 1 aromatic rings. The first kappa shape index (κ1) is 18.0. The average molecular weight is 321 g/mol. The van der Waals surface area contributed by atoms with Gasteiger partial charge in [-0.1, -0.05) is 0 Å². The molecule has 0 saturated heterocycles. The molecule has 0 saturated carbocycles. The van der Waals surface area contributed by atoms with Gasteiger partial charge in [0.2, 0.25) is 0 Å². The molecule has 1 heterocycles. The van der Waals surface area contributed by atoms with Gasteiger partial charge in [0.1, 0.15) is 12.2 Å².